The molecule has 2 nitrogen and oxygen atoms in total. The summed E-state index contributed by atoms with van der Waals surface area (Å²) in [7, 11) is 3.99. The molecule has 0 aromatic heterocycles. The van der Waals surface area contributed by atoms with E-state index in [9.17, 15) is 0 Å². The molecule has 0 aliphatic rings. The molecular weight excluding hydrogens is 184 g/mol. The first-order valence-corrected chi connectivity index (χ1v) is 5.10. The SMILES string of the molecule is C#CCN(C)Cc1cccc(CNC)c1. The van der Waals surface area contributed by atoms with E-state index in [1.807, 2.05) is 14.1 Å². The Morgan fingerprint density at radius 3 is 2.80 bits per heavy atom. The molecule has 0 heterocycles. The molecule has 0 bridgehead atoms. The van der Waals surface area contributed by atoms with Gasteiger partial charge in [0.1, 0.15) is 0 Å². The predicted octanol–water partition coefficient (Wildman–Crippen LogP) is 1.47. The van der Waals surface area contributed by atoms with Gasteiger partial charge in [-0.25, -0.2) is 0 Å². The number of hydrogen-bond donors (Lipinski definition) is 1. The second-order valence-corrected chi connectivity index (χ2v) is 3.73. The van der Waals surface area contributed by atoms with E-state index in [1.165, 1.54) is 11.1 Å². The highest BCUT2D eigenvalue weighted by atomic mass is 15.1. The summed E-state index contributed by atoms with van der Waals surface area (Å²) >= 11 is 0. The fraction of sp³-hybridized carbons (Fsp3) is 0.385. The van der Waals surface area contributed by atoms with Crippen LogP contribution < -0.4 is 5.32 Å². The lowest BCUT2D eigenvalue weighted by atomic mass is 10.1. The molecule has 0 radical (unpaired) electrons. The van der Waals surface area contributed by atoms with Gasteiger partial charge in [0.25, 0.3) is 0 Å². The van der Waals surface area contributed by atoms with E-state index >= 15 is 0 Å². The summed E-state index contributed by atoms with van der Waals surface area (Å²) in [5.74, 6) is 2.64. The fourth-order valence-corrected chi connectivity index (χ4v) is 1.57. The van der Waals surface area contributed by atoms with Gasteiger partial charge in [-0.1, -0.05) is 30.2 Å². The Kier molecular flexibility index (Phi) is 4.89. The van der Waals surface area contributed by atoms with Crippen LogP contribution in [0.15, 0.2) is 24.3 Å². The van der Waals surface area contributed by atoms with Gasteiger partial charge in [-0.2, -0.15) is 0 Å². The molecule has 1 N–H and O–H groups in total. The topological polar surface area (TPSA) is 15.3 Å². The maximum absolute atomic E-state index is 5.26. The standard InChI is InChI=1S/C13H18N2/c1-4-8-15(3)11-13-7-5-6-12(9-13)10-14-2/h1,5-7,9,14H,8,10-11H2,2-3H3. The highest BCUT2D eigenvalue weighted by Gasteiger charge is 1.99. The van der Waals surface area contributed by atoms with Gasteiger partial charge >= 0.3 is 0 Å². The molecule has 0 saturated heterocycles. The largest absolute Gasteiger partial charge is 0.316 e. The number of rotatable bonds is 5. The minimum Gasteiger partial charge on any atom is -0.316 e. The van der Waals surface area contributed by atoms with Crippen molar-refractivity contribution in [1.29, 1.82) is 0 Å². The van der Waals surface area contributed by atoms with Crippen LogP contribution in [0.25, 0.3) is 0 Å². The van der Waals surface area contributed by atoms with Crippen molar-refractivity contribution in [2.45, 2.75) is 13.1 Å². The molecule has 0 aliphatic carbocycles. The van der Waals surface area contributed by atoms with Crippen LogP contribution in [0.2, 0.25) is 0 Å². The summed E-state index contributed by atoms with van der Waals surface area (Å²) in [4.78, 5) is 2.12. The van der Waals surface area contributed by atoms with E-state index in [2.05, 4.69) is 40.4 Å². The normalized spacial score (nSPS) is 10.3. The smallest absolute Gasteiger partial charge is 0.0599 e. The molecule has 0 amide bonds. The van der Waals surface area contributed by atoms with Gasteiger partial charge in [-0.15, -0.1) is 6.42 Å². The quantitative estimate of drug-likeness (QED) is 0.727. The summed E-state index contributed by atoms with van der Waals surface area (Å²) in [6.45, 7) is 2.50. The zero-order valence-corrected chi connectivity index (χ0v) is 9.46. The first-order valence-electron chi connectivity index (χ1n) is 5.10. The van der Waals surface area contributed by atoms with Gasteiger partial charge in [0, 0.05) is 13.1 Å². The number of terminal acetylenes is 1. The number of hydrogen-bond acceptors (Lipinski definition) is 2. The van der Waals surface area contributed by atoms with Crippen molar-refractivity contribution >= 4 is 0 Å². The second-order valence-electron chi connectivity index (χ2n) is 3.73. The lowest BCUT2D eigenvalue weighted by Crippen LogP contribution is -2.18. The number of nitrogens with zero attached hydrogens (tertiary/aromatic N) is 1. The van der Waals surface area contributed by atoms with E-state index in [1.54, 1.807) is 0 Å². The first-order chi connectivity index (χ1) is 7.26. The molecule has 0 fully saturated rings. The molecule has 0 aliphatic heterocycles. The maximum atomic E-state index is 5.26. The van der Waals surface area contributed by atoms with E-state index in [0.717, 1.165) is 13.1 Å². The third-order valence-electron chi connectivity index (χ3n) is 2.19. The zero-order valence-electron chi connectivity index (χ0n) is 9.46. The van der Waals surface area contributed by atoms with Crippen LogP contribution in [0.5, 0.6) is 0 Å². The summed E-state index contributed by atoms with van der Waals surface area (Å²) in [6.07, 6.45) is 5.26. The minimum absolute atomic E-state index is 0.691. The number of nitrogens with one attached hydrogen (secondary N) is 1. The lowest BCUT2D eigenvalue weighted by molar-refractivity contribution is 0.369. The van der Waals surface area contributed by atoms with Gasteiger partial charge in [0.15, 0.2) is 0 Å². The van der Waals surface area contributed by atoms with E-state index in [-0.39, 0.29) is 0 Å². The molecule has 1 aromatic rings. The molecule has 1 rings (SSSR count). The van der Waals surface area contributed by atoms with Crippen LogP contribution in [0.1, 0.15) is 11.1 Å². The van der Waals surface area contributed by atoms with Crippen LogP contribution >= 0.6 is 0 Å². The zero-order chi connectivity index (χ0) is 11.1. The maximum Gasteiger partial charge on any atom is 0.0599 e. The Morgan fingerprint density at radius 1 is 1.40 bits per heavy atom. The van der Waals surface area contributed by atoms with Crippen molar-refractivity contribution in [3.63, 3.8) is 0 Å². The molecule has 2 heteroatoms. The minimum atomic E-state index is 0.691. The summed E-state index contributed by atoms with van der Waals surface area (Å²) in [5, 5.41) is 3.14. The molecular formula is C13H18N2. The summed E-state index contributed by atoms with van der Waals surface area (Å²) in [6, 6.07) is 8.56. The third kappa shape index (κ3) is 4.16. The first kappa shape index (κ1) is 11.8. The van der Waals surface area contributed by atoms with E-state index < -0.39 is 0 Å². The lowest BCUT2D eigenvalue weighted by Gasteiger charge is -2.13. The van der Waals surface area contributed by atoms with E-state index in [4.69, 9.17) is 6.42 Å². The Bertz CT molecular complexity index is 339. The van der Waals surface area contributed by atoms with Gasteiger partial charge in [0.05, 0.1) is 6.54 Å². The highest BCUT2D eigenvalue weighted by Crippen LogP contribution is 2.07. The van der Waals surface area contributed by atoms with E-state index in [0.29, 0.717) is 6.54 Å². The van der Waals surface area contributed by atoms with Crippen LogP contribution in [-0.2, 0) is 13.1 Å². The molecule has 0 atom stereocenters. The molecule has 15 heavy (non-hydrogen) atoms. The second kappa shape index (κ2) is 6.23. The Hall–Kier alpha value is -1.30. The molecule has 0 spiro atoms. The van der Waals surface area contributed by atoms with Crippen molar-refractivity contribution in [3.8, 4) is 12.3 Å². The van der Waals surface area contributed by atoms with Gasteiger partial charge in [0.2, 0.25) is 0 Å². The molecule has 1 aromatic carbocycles. The highest BCUT2D eigenvalue weighted by molar-refractivity contribution is 5.23. The molecule has 80 valence electrons. The van der Waals surface area contributed by atoms with Crippen LogP contribution in [-0.4, -0.2) is 25.5 Å². The van der Waals surface area contributed by atoms with Crippen molar-refractivity contribution in [3.05, 3.63) is 35.4 Å². The number of benzene rings is 1. The van der Waals surface area contributed by atoms with Crippen molar-refractivity contribution in [2.24, 2.45) is 0 Å². The fourth-order valence-electron chi connectivity index (χ4n) is 1.57. The van der Waals surface area contributed by atoms with Crippen LogP contribution in [0.3, 0.4) is 0 Å². The molecule has 0 unspecified atom stereocenters. The van der Waals surface area contributed by atoms with Gasteiger partial charge < -0.3 is 5.32 Å². The predicted molar refractivity (Wildman–Crippen MR) is 64.4 cm³/mol. The molecule has 0 saturated carbocycles. The Balaban J connectivity index is 2.61. The average molecular weight is 202 g/mol. The third-order valence-corrected chi connectivity index (χ3v) is 2.19. The average Bonchev–Trinajstić information content (AvgIpc) is 2.19. The Morgan fingerprint density at radius 2 is 2.13 bits per heavy atom. The van der Waals surface area contributed by atoms with Crippen LogP contribution in [0, 0.1) is 12.3 Å². The van der Waals surface area contributed by atoms with Gasteiger partial charge in [-0.05, 0) is 25.2 Å². The van der Waals surface area contributed by atoms with Crippen molar-refractivity contribution < 1.29 is 0 Å². The van der Waals surface area contributed by atoms with Crippen LogP contribution in [0.4, 0.5) is 0 Å². The van der Waals surface area contributed by atoms with Crippen molar-refractivity contribution in [2.75, 3.05) is 20.6 Å². The monoisotopic (exact) mass is 202 g/mol. The van der Waals surface area contributed by atoms with Crippen molar-refractivity contribution in [1.82, 2.24) is 10.2 Å². The van der Waals surface area contributed by atoms with Gasteiger partial charge in [-0.3, -0.25) is 4.90 Å². The Labute approximate surface area is 92.3 Å². The summed E-state index contributed by atoms with van der Waals surface area (Å²) < 4.78 is 0. The summed E-state index contributed by atoms with van der Waals surface area (Å²) in [5.41, 5.74) is 2.62.